The maximum absolute atomic E-state index is 10.9. The Morgan fingerprint density at radius 3 is 1.02 bits per heavy atom. The number of aromatic hydroxyl groups is 2. The second-order valence-corrected chi connectivity index (χ2v) is 11.1. The van der Waals surface area contributed by atoms with Gasteiger partial charge in [-0.15, -0.1) is 0 Å². The summed E-state index contributed by atoms with van der Waals surface area (Å²) in [4.78, 5) is 4.37. The maximum atomic E-state index is 10.9. The van der Waals surface area contributed by atoms with Gasteiger partial charge in [0.05, 0.1) is 92.5 Å². The Morgan fingerprint density at radius 1 is 0.383 bits per heavy atom. The van der Waals surface area contributed by atoms with Crippen LogP contribution in [0.15, 0.2) is 36.4 Å². The lowest BCUT2D eigenvalue weighted by Gasteiger charge is -2.24. The molecule has 2 N–H and O–H groups in total. The van der Waals surface area contributed by atoms with Gasteiger partial charge in [-0.1, -0.05) is 24.3 Å². The molecular formula is C34H52N2O11. The number of phenols is 2. The van der Waals surface area contributed by atoms with Gasteiger partial charge in [0.25, 0.3) is 0 Å². The van der Waals surface area contributed by atoms with E-state index in [9.17, 15) is 10.2 Å². The molecule has 5 rings (SSSR count). The summed E-state index contributed by atoms with van der Waals surface area (Å²) in [5.74, 6) is 1.08. The van der Waals surface area contributed by atoms with Gasteiger partial charge in [-0.05, 0) is 12.1 Å². The highest BCUT2D eigenvalue weighted by Crippen LogP contribution is 2.31. The SMILES string of the molecule is Oc1c2cccc1OCCOCCOCCOCCOc1cccc(c1O)CN1CCOCCOCCN(CCOCCOCC1)C2. The van der Waals surface area contributed by atoms with E-state index in [4.69, 9.17) is 42.6 Å². The third-order valence-electron chi connectivity index (χ3n) is 7.62. The normalized spacial score (nSPS) is 23.5. The molecule has 47 heavy (non-hydrogen) atoms. The summed E-state index contributed by atoms with van der Waals surface area (Å²) in [7, 11) is 0. The van der Waals surface area contributed by atoms with Gasteiger partial charge in [-0.2, -0.15) is 0 Å². The molecule has 1 fully saturated rings. The maximum Gasteiger partial charge on any atom is 0.162 e. The fourth-order valence-corrected chi connectivity index (χ4v) is 5.03. The van der Waals surface area contributed by atoms with Crippen LogP contribution in [0.5, 0.6) is 23.0 Å². The fourth-order valence-electron chi connectivity index (χ4n) is 5.03. The quantitative estimate of drug-likeness (QED) is 0.400. The number of phenolic OH excluding ortho intramolecular Hbond substituents is 2. The number of benzene rings is 2. The van der Waals surface area contributed by atoms with E-state index in [1.54, 1.807) is 12.1 Å². The Hall–Kier alpha value is -2.72. The molecular weight excluding hydrogens is 612 g/mol. The first kappa shape index (κ1) is 37.1. The van der Waals surface area contributed by atoms with Crippen molar-refractivity contribution in [2.45, 2.75) is 13.1 Å². The molecule has 0 spiro atoms. The highest BCUT2D eigenvalue weighted by atomic mass is 16.6. The number of ether oxygens (including phenoxy) is 9. The van der Waals surface area contributed by atoms with Crippen LogP contribution in [-0.2, 0) is 46.2 Å². The van der Waals surface area contributed by atoms with Crippen LogP contribution < -0.4 is 9.47 Å². The van der Waals surface area contributed by atoms with Crippen molar-refractivity contribution in [1.29, 1.82) is 0 Å². The van der Waals surface area contributed by atoms with Crippen molar-refractivity contribution in [3.05, 3.63) is 47.5 Å². The van der Waals surface area contributed by atoms with Gasteiger partial charge in [0.2, 0.25) is 0 Å². The van der Waals surface area contributed by atoms with E-state index in [-0.39, 0.29) is 11.5 Å². The number of hydrogen-bond acceptors (Lipinski definition) is 13. The Kier molecular flexibility index (Phi) is 18.0. The number of hydrogen-bond donors (Lipinski definition) is 2. The van der Waals surface area contributed by atoms with E-state index in [0.717, 1.165) is 11.1 Å². The van der Waals surface area contributed by atoms with E-state index < -0.39 is 0 Å². The van der Waals surface area contributed by atoms with E-state index >= 15 is 0 Å². The van der Waals surface area contributed by atoms with Crippen molar-refractivity contribution >= 4 is 0 Å². The molecule has 2 aromatic carbocycles. The third kappa shape index (κ3) is 14.5. The molecule has 0 unspecified atom stereocenters. The molecule has 0 amide bonds. The smallest absolute Gasteiger partial charge is 0.162 e. The van der Waals surface area contributed by atoms with Crippen molar-refractivity contribution < 1.29 is 52.8 Å². The van der Waals surface area contributed by atoms with E-state index in [0.29, 0.717) is 156 Å². The number of fused-ring (bicyclic) bond motifs is 26. The number of nitrogens with zero attached hydrogens (tertiary/aromatic N) is 2. The first-order valence-corrected chi connectivity index (χ1v) is 16.6. The molecule has 6 bridgehead atoms. The van der Waals surface area contributed by atoms with Crippen LogP contribution in [0, 0.1) is 0 Å². The minimum atomic E-state index is 0.122. The lowest BCUT2D eigenvalue weighted by molar-refractivity contribution is 0.00477. The summed E-state index contributed by atoms with van der Waals surface area (Å²) in [6, 6.07) is 11.1. The first-order chi connectivity index (χ1) is 23.2. The summed E-state index contributed by atoms with van der Waals surface area (Å²) in [5, 5.41) is 21.9. The van der Waals surface area contributed by atoms with Gasteiger partial charge < -0.3 is 52.8 Å². The van der Waals surface area contributed by atoms with Crippen molar-refractivity contribution in [3.8, 4) is 23.0 Å². The van der Waals surface area contributed by atoms with Crippen LogP contribution in [0.2, 0.25) is 0 Å². The minimum absolute atomic E-state index is 0.122. The van der Waals surface area contributed by atoms with E-state index in [2.05, 4.69) is 9.80 Å². The van der Waals surface area contributed by atoms with Crippen LogP contribution >= 0.6 is 0 Å². The van der Waals surface area contributed by atoms with E-state index in [1.807, 2.05) is 24.3 Å². The topological polar surface area (TPSA) is 130 Å². The first-order valence-electron chi connectivity index (χ1n) is 16.6. The van der Waals surface area contributed by atoms with Crippen molar-refractivity contribution in [2.24, 2.45) is 0 Å². The average Bonchev–Trinajstić information content (AvgIpc) is 3.07. The summed E-state index contributed by atoms with van der Waals surface area (Å²) < 4.78 is 51.9. The van der Waals surface area contributed by atoms with Crippen LogP contribution in [-0.4, -0.2) is 152 Å². The van der Waals surface area contributed by atoms with Gasteiger partial charge in [0, 0.05) is 50.4 Å². The molecule has 0 aliphatic carbocycles. The minimum Gasteiger partial charge on any atom is -0.504 e. The monoisotopic (exact) mass is 664 g/mol. The molecule has 1 saturated heterocycles. The van der Waals surface area contributed by atoms with Crippen LogP contribution in [0.1, 0.15) is 11.1 Å². The van der Waals surface area contributed by atoms with Gasteiger partial charge in [-0.25, -0.2) is 0 Å². The standard InChI is InChI=1S/C34H52N2O11/c37-33-29-3-1-5-31(33)46-25-23-44-21-19-43-20-22-45-24-26-47-32-6-2-4-30(34(32)38)28-36-9-13-41-17-15-39-11-7-35(27-29)8-12-40-16-18-42-14-10-36/h1-6,37-38H,7-28H2. The highest BCUT2D eigenvalue weighted by molar-refractivity contribution is 5.46. The number of rotatable bonds is 0. The summed E-state index contributed by atoms with van der Waals surface area (Å²) in [6.07, 6.45) is 0. The zero-order valence-electron chi connectivity index (χ0n) is 27.5. The van der Waals surface area contributed by atoms with Crippen LogP contribution in [0.25, 0.3) is 0 Å². The Bertz CT molecular complexity index is 1020. The second kappa shape index (κ2) is 22.8. The largest absolute Gasteiger partial charge is 0.504 e. The van der Waals surface area contributed by atoms with Crippen LogP contribution in [0.4, 0.5) is 0 Å². The average molecular weight is 665 g/mol. The Labute approximate surface area is 278 Å². The molecule has 0 aromatic heterocycles. The molecule has 0 radical (unpaired) electrons. The molecule has 3 aliphatic heterocycles. The Balaban J connectivity index is 1.39. The molecule has 2 aromatic rings. The van der Waals surface area contributed by atoms with Crippen molar-refractivity contribution in [3.63, 3.8) is 0 Å². The molecule has 13 nitrogen and oxygen atoms in total. The number of para-hydroxylation sites is 2. The Morgan fingerprint density at radius 2 is 0.681 bits per heavy atom. The third-order valence-corrected chi connectivity index (χ3v) is 7.62. The predicted molar refractivity (Wildman–Crippen MR) is 173 cm³/mol. The molecule has 3 aliphatic rings. The van der Waals surface area contributed by atoms with Gasteiger partial charge in [0.1, 0.15) is 13.2 Å². The van der Waals surface area contributed by atoms with E-state index in [1.165, 1.54) is 0 Å². The zero-order chi connectivity index (χ0) is 32.8. The molecule has 0 saturated carbocycles. The molecule has 264 valence electrons. The fraction of sp³-hybridized carbons (Fsp3) is 0.647. The summed E-state index contributed by atoms with van der Waals surface area (Å²) >= 11 is 0. The predicted octanol–water partition coefficient (Wildman–Crippen LogP) is 2.30. The molecule has 0 atom stereocenters. The van der Waals surface area contributed by atoms with Crippen LogP contribution in [0.3, 0.4) is 0 Å². The summed E-state index contributed by atoms with van der Waals surface area (Å²) in [5.41, 5.74) is 1.53. The zero-order valence-corrected chi connectivity index (χ0v) is 27.5. The summed E-state index contributed by atoms with van der Waals surface area (Å²) in [6.45, 7) is 10.6. The highest BCUT2D eigenvalue weighted by Gasteiger charge is 2.15. The van der Waals surface area contributed by atoms with Crippen molar-refractivity contribution in [1.82, 2.24) is 9.80 Å². The van der Waals surface area contributed by atoms with Gasteiger partial charge >= 0.3 is 0 Å². The van der Waals surface area contributed by atoms with Gasteiger partial charge in [-0.3, -0.25) is 9.80 Å². The second-order valence-electron chi connectivity index (χ2n) is 11.1. The molecule has 13 heteroatoms. The lowest BCUT2D eigenvalue weighted by Crippen LogP contribution is -2.32. The molecule has 3 heterocycles. The lowest BCUT2D eigenvalue weighted by atomic mass is 10.1. The van der Waals surface area contributed by atoms with Gasteiger partial charge in [0.15, 0.2) is 23.0 Å². The van der Waals surface area contributed by atoms with Crippen molar-refractivity contribution in [2.75, 3.05) is 132 Å².